The zero-order chi connectivity index (χ0) is 38.4. The average molecular weight is 776 g/mol. The molecule has 0 bridgehead atoms. The van der Waals surface area contributed by atoms with Crippen LogP contribution in [-0.2, 0) is 30.8 Å². The summed E-state index contributed by atoms with van der Waals surface area (Å²) in [6.07, 6.45) is -2.10. The molecule has 1 saturated carbocycles. The van der Waals surface area contributed by atoms with Gasteiger partial charge in [0.15, 0.2) is 5.82 Å². The van der Waals surface area contributed by atoms with Crippen LogP contribution in [0.5, 0.6) is 5.75 Å². The minimum absolute atomic E-state index is 0.0131. The minimum atomic E-state index is -4.74. The van der Waals surface area contributed by atoms with Gasteiger partial charge in [-0.2, -0.15) is 18.2 Å². The van der Waals surface area contributed by atoms with E-state index in [1.54, 1.807) is 80.6 Å². The predicted molar refractivity (Wildman–Crippen MR) is 193 cm³/mol. The third-order valence-electron chi connectivity index (χ3n) is 11.4. The number of fused-ring (bicyclic) bond motifs is 4. The third kappa shape index (κ3) is 5.25. The number of allylic oxidation sites excluding steroid dienone is 2. The van der Waals surface area contributed by atoms with Crippen LogP contribution in [0.3, 0.4) is 0 Å². The van der Waals surface area contributed by atoms with Crippen molar-refractivity contribution in [3.8, 4) is 5.75 Å². The smallest absolute Gasteiger partial charge is 0.417 e. The molecule has 14 heteroatoms. The Kier molecular flexibility index (Phi) is 8.42. The molecule has 9 nitrogen and oxygen atoms in total. The van der Waals surface area contributed by atoms with Crippen molar-refractivity contribution in [2.45, 2.75) is 44.2 Å². The number of halogens is 5. The highest BCUT2D eigenvalue weighted by Gasteiger charge is 2.70. The topological polar surface area (TPSA) is 120 Å². The number of rotatable bonds is 5. The largest absolute Gasteiger partial charge is 0.507 e. The van der Waals surface area contributed by atoms with Gasteiger partial charge in [0, 0.05) is 17.1 Å². The number of para-hydroxylation sites is 1. The molecule has 2 saturated heterocycles. The molecule has 2 aliphatic carbocycles. The van der Waals surface area contributed by atoms with E-state index in [0.29, 0.717) is 50.8 Å². The first-order valence-electron chi connectivity index (χ1n) is 17.2. The maximum atomic E-state index is 15.3. The first-order chi connectivity index (χ1) is 25.6. The zero-order valence-electron chi connectivity index (χ0n) is 28.7. The van der Waals surface area contributed by atoms with Gasteiger partial charge in [-0.1, -0.05) is 77.3 Å². The van der Waals surface area contributed by atoms with Gasteiger partial charge in [-0.3, -0.25) is 29.5 Å². The standard InChI is InChI=1S/C40H31Cl2F3N4O5/c1-19-14-21(15-20(2)33(19)50)32-26-12-13-27-31(37(53)48(35(27)51)25-6-4-3-5-7-25)28(26)17-29-36(52)49(38(54)39(29,32)22-8-10-24(41)11-9-22)47-34-30(42)16-23(18-46-34)40(43,44)45/h3-12,14-16,18,27-29,31-32,50H,13,17H2,1-2H3,(H,46,47)/t27-,28+,29-,31-,32-,39+/m0/s1. The number of alkyl halides is 3. The molecule has 0 unspecified atom stereocenters. The monoisotopic (exact) mass is 774 g/mol. The Bertz CT molecular complexity index is 2280. The van der Waals surface area contributed by atoms with Crippen LogP contribution in [0.15, 0.2) is 90.6 Å². The zero-order valence-corrected chi connectivity index (χ0v) is 30.2. The molecule has 3 fully saturated rings. The van der Waals surface area contributed by atoms with Gasteiger partial charge >= 0.3 is 6.18 Å². The maximum Gasteiger partial charge on any atom is 0.417 e. The van der Waals surface area contributed by atoms with Crippen molar-refractivity contribution in [2.75, 3.05) is 10.3 Å². The van der Waals surface area contributed by atoms with Crippen LogP contribution in [0.25, 0.3) is 0 Å². The number of carbonyl (C=O) groups is 4. The van der Waals surface area contributed by atoms with Crippen LogP contribution in [0, 0.1) is 37.5 Å². The summed E-state index contributed by atoms with van der Waals surface area (Å²) in [5.41, 5.74) is 2.99. The van der Waals surface area contributed by atoms with Crippen molar-refractivity contribution in [1.29, 1.82) is 0 Å². The molecule has 2 N–H and O–H groups in total. The molecule has 0 spiro atoms. The van der Waals surface area contributed by atoms with Gasteiger partial charge < -0.3 is 5.11 Å². The number of amides is 4. The lowest BCUT2D eigenvalue weighted by Gasteiger charge is -2.50. The number of anilines is 2. The number of benzene rings is 3. The Balaban J connectivity index is 1.33. The van der Waals surface area contributed by atoms with E-state index < -0.39 is 69.5 Å². The van der Waals surface area contributed by atoms with Crippen LogP contribution < -0.4 is 10.3 Å². The van der Waals surface area contributed by atoms with Gasteiger partial charge in [0.25, 0.3) is 11.8 Å². The van der Waals surface area contributed by atoms with Gasteiger partial charge in [0.2, 0.25) is 11.8 Å². The van der Waals surface area contributed by atoms with Gasteiger partial charge in [-0.15, -0.1) is 0 Å². The molecular formula is C40H31Cl2F3N4O5. The number of hydrogen-bond donors (Lipinski definition) is 2. The number of hydrazine groups is 1. The van der Waals surface area contributed by atoms with Crippen molar-refractivity contribution >= 4 is 58.3 Å². The van der Waals surface area contributed by atoms with Gasteiger partial charge in [-0.25, -0.2) is 4.98 Å². The molecule has 3 heterocycles. The molecule has 276 valence electrons. The summed E-state index contributed by atoms with van der Waals surface area (Å²) < 4.78 is 40.4. The number of aromatic hydroxyl groups is 1. The second-order valence-electron chi connectivity index (χ2n) is 14.3. The summed E-state index contributed by atoms with van der Waals surface area (Å²) in [5.74, 6) is -6.79. The van der Waals surface area contributed by atoms with Crippen LogP contribution >= 0.6 is 23.2 Å². The van der Waals surface area contributed by atoms with Crippen LogP contribution in [0.4, 0.5) is 24.7 Å². The number of nitrogens with one attached hydrogen (secondary N) is 1. The maximum absolute atomic E-state index is 15.3. The minimum Gasteiger partial charge on any atom is -0.507 e. The van der Waals surface area contributed by atoms with Crippen molar-refractivity contribution < 1.29 is 37.5 Å². The van der Waals surface area contributed by atoms with Crippen LogP contribution in [0.2, 0.25) is 10.0 Å². The fraction of sp³-hybridized carbons (Fsp3) is 0.275. The Labute approximate surface area is 317 Å². The van der Waals surface area contributed by atoms with Crippen molar-refractivity contribution in [3.05, 3.63) is 129 Å². The third-order valence-corrected chi connectivity index (χ3v) is 12.0. The number of aromatic nitrogens is 1. The molecule has 4 aliphatic rings. The fourth-order valence-corrected chi connectivity index (χ4v) is 9.48. The van der Waals surface area contributed by atoms with Crippen LogP contribution in [0.1, 0.15) is 46.6 Å². The van der Waals surface area contributed by atoms with Gasteiger partial charge in [-0.05, 0) is 85.2 Å². The summed E-state index contributed by atoms with van der Waals surface area (Å²) in [6, 6.07) is 19.3. The second kappa shape index (κ2) is 12.7. The molecule has 0 radical (unpaired) electrons. The number of hydrogen-bond acceptors (Lipinski definition) is 7. The SMILES string of the molecule is Cc1cc([C@H]2C3=CC[C@@H]4C(=O)N(c5ccccc5)C(=O)[C@@H]4[C@@H]3C[C@H]3C(=O)N(Nc4ncc(C(F)(F)F)cc4Cl)C(=O)[C@@]23c2ccc(Cl)cc2)cc(C)c1O. The molecule has 2 aliphatic heterocycles. The van der Waals surface area contributed by atoms with E-state index in [2.05, 4.69) is 10.4 Å². The Morgan fingerprint density at radius 3 is 2.19 bits per heavy atom. The van der Waals surface area contributed by atoms with E-state index in [1.807, 2.05) is 6.08 Å². The lowest BCUT2D eigenvalue weighted by Crippen LogP contribution is -2.53. The van der Waals surface area contributed by atoms with Crippen molar-refractivity contribution in [3.63, 3.8) is 0 Å². The average Bonchev–Trinajstić information content (AvgIpc) is 3.52. The summed E-state index contributed by atoms with van der Waals surface area (Å²) >= 11 is 12.6. The summed E-state index contributed by atoms with van der Waals surface area (Å²) in [4.78, 5) is 63.6. The summed E-state index contributed by atoms with van der Waals surface area (Å²) in [7, 11) is 0. The molecule has 4 amide bonds. The van der Waals surface area contributed by atoms with E-state index in [0.717, 1.165) is 5.01 Å². The predicted octanol–water partition coefficient (Wildman–Crippen LogP) is 7.92. The van der Waals surface area contributed by atoms with E-state index in [9.17, 15) is 32.7 Å². The molecule has 54 heavy (non-hydrogen) atoms. The normalized spacial score (nSPS) is 26.4. The lowest BCUT2D eigenvalue weighted by molar-refractivity contribution is -0.139. The van der Waals surface area contributed by atoms with E-state index in [4.69, 9.17) is 23.2 Å². The molecule has 3 aromatic carbocycles. The second-order valence-corrected chi connectivity index (χ2v) is 15.1. The highest BCUT2D eigenvalue weighted by Crippen LogP contribution is 2.64. The number of phenolic OH excluding ortho intramolecular Hbond substituents is 1. The van der Waals surface area contributed by atoms with E-state index in [-0.39, 0.29) is 30.3 Å². The highest BCUT2D eigenvalue weighted by atomic mass is 35.5. The number of aryl methyl sites for hydroxylation is 2. The van der Waals surface area contributed by atoms with Gasteiger partial charge in [0.1, 0.15) is 5.75 Å². The Morgan fingerprint density at radius 2 is 1.56 bits per heavy atom. The molecule has 8 rings (SSSR count). The number of phenols is 1. The molecule has 4 aromatic rings. The highest BCUT2D eigenvalue weighted by molar-refractivity contribution is 6.33. The quantitative estimate of drug-likeness (QED) is 0.156. The first kappa shape index (κ1) is 35.8. The van der Waals surface area contributed by atoms with Crippen molar-refractivity contribution in [2.24, 2.45) is 23.7 Å². The van der Waals surface area contributed by atoms with E-state index >= 15 is 4.79 Å². The Morgan fingerprint density at radius 1 is 0.889 bits per heavy atom. The first-order valence-corrected chi connectivity index (χ1v) is 18.0. The summed E-state index contributed by atoms with van der Waals surface area (Å²) in [5, 5.41) is 11.5. The van der Waals surface area contributed by atoms with E-state index in [1.165, 1.54) is 4.90 Å². The number of imide groups is 2. The fourth-order valence-electron chi connectivity index (χ4n) is 9.15. The number of carbonyl (C=O) groups excluding carboxylic acids is 4. The summed E-state index contributed by atoms with van der Waals surface area (Å²) in [6.45, 7) is 3.43. The van der Waals surface area contributed by atoms with Crippen molar-refractivity contribution in [1.82, 2.24) is 9.99 Å². The van der Waals surface area contributed by atoms with Crippen LogP contribution in [-0.4, -0.2) is 38.7 Å². The molecule has 1 aromatic heterocycles. The Hall–Kier alpha value is -5.20. The van der Waals surface area contributed by atoms with Gasteiger partial charge in [0.05, 0.1) is 39.4 Å². The molecule has 6 atom stereocenters. The number of nitrogens with zero attached hydrogens (tertiary/aromatic N) is 3. The lowest BCUT2D eigenvalue weighted by atomic mass is 9.49. The number of pyridine rings is 1. The molecular weight excluding hydrogens is 744 g/mol.